The maximum atomic E-state index is 2.60. The summed E-state index contributed by atoms with van der Waals surface area (Å²) in [7, 11) is 0. The quantitative estimate of drug-likeness (QED) is 0.178. The van der Waals surface area contributed by atoms with Gasteiger partial charge in [0.25, 0.3) is 0 Å². The Morgan fingerprint density at radius 3 is 1.48 bits per heavy atom. The second-order valence-corrected chi connectivity index (χ2v) is 17.4. The van der Waals surface area contributed by atoms with Crippen molar-refractivity contribution in [1.82, 2.24) is 4.57 Å². The Kier molecular flexibility index (Phi) is 6.87. The third-order valence-electron chi connectivity index (χ3n) is 12.4. The summed E-state index contributed by atoms with van der Waals surface area (Å²) in [5.41, 5.74) is 19.2. The molecule has 0 bridgehead atoms. The predicted molar refractivity (Wildman–Crippen MR) is 229 cm³/mol. The van der Waals surface area contributed by atoms with E-state index in [1.54, 1.807) is 0 Å². The Hall–Kier alpha value is -5.86. The van der Waals surface area contributed by atoms with Crippen LogP contribution in [0.2, 0.25) is 0 Å². The standard InChI is InChI=1S/C52H46N2/c1-50(2,3)46-44-38-26-11-15-28-40(38)51(4,5)47(44)49(48-45(46)39-27-12-16-29-41(39)52(48,6)7)53(33-20-9-8-10-21-33)34-22-19-23-35(32-34)54-42-30-17-13-24-36(42)37-25-14-18-31-43(37)54/h8-32H,1-7H3. The average molecular weight is 699 g/mol. The van der Waals surface area contributed by atoms with Crippen molar-refractivity contribution in [2.45, 2.75) is 64.7 Å². The van der Waals surface area contributed by atoms with Crippen molar-refractivity contribution < 1.29 is 0 Å². The molecule has 0 spiro atoms. The van der Waals surface area contributed by atoms with E-state index in [-0.39, 0.29) is 16.2 Å². The number of benzene rings is 7. The van der Waals surface area contributed by atoms with Crippen molar-refractivity contribution in [2.24, 2.45) is 0 Å². The van der Waals surface area contributed by atoms with Crippen LogP contribution in [-0.4, -0.2) is 4.57 Å². The van der Waals surface area contributed by atoms with E-state index in [2.05, 4.69) is 210 Å². The van der Waals surface area contributed by atoms with Gasteiger partial charge in [-0.2, -0.15) is 0 Å². The average Bonchev–Trinajstić information content (AvgIpc) is 3.72. The molecule has 0 fully saturated rings. The molecule has 0 saturated carbocycles. The first-order valence-corrected chi connectivity index (χ1v) is 19.4. The van der Waals surface area contributed by atoms with Crippen LogP contribution in [0.5, 0.6) is 0 Å². The lowest BCUT2D eigenvalue weighted by atomic mass is 9.71. The number of anilines is 3. The van der Waals surface area contributed by atoms with Gasteiger partial charge in [0, 0.05) is 38.7 Å². The lowest BCUT2D eigenvalue weighted by Gasteiger charge is -2.39. The molecule has 0 unspecified atom stereocenters. The fourth-order valence-corrected chi connectivity index (χ4v) is 10.2. The van der Waals surface area contributed by atoms with E-state index in [4.69, 9.17) is 0 Å². The largest absolute Gasteiger partial charge is 0.310 e. The molecule has 2 aliphatic rings. The Labute approximate surface area is 319 Å². The van der Waals surface area contributed by atoms with Gasteiger partial charge in [-0.1, -0.05) is 158 Å². The van der Waals surface area contributed by atoms with E-state index in [0.29, 0.717) is 0 Å². The number of aromatic nitrogens is 1. The Morgan fingerprint density at radius 1 is 0.481 bits per heavy atom. The Morgan fingerprint density at radius 2 is 0.944 bits per heavy atom. The molecule has 2 nitrogen and oxygen atoms in total. The molecule has 2 aliphatic carbocycles. The zero-order chi connectivity index (χ0) is 37.1. The summed E-state index contributed by atoms with van der Waals surface area (Å²) in [6.45, 7) is 17.0. The lowest BCUT2D eigenvalue weighted by molar-refractivity contribution is 0.587. The third-order valence-corrected chi connectivity index (χ3v) is 12.4. The second-order valence-electron chi connectivity index (χ2n) is 17.4. The van der Waals surface area contributed by atoms with Crippen LogP contribution in [0.1, 0.15) is 76.3 Å². The third kappa shape index (κ3) is 4.40. The van der Waals surface area contributed by atoms with E-state index < -0.39 is 0 Å². The molecule has 8 aromatic rings. The molecule has 54 heavy (non-hydrogen) atoms. The van der Waals surface area contributed by atoms with Gasteiger partial charge in [-0.15, -0.1) is 0 Å². The molecule has 7 aromatic carbocycles. The van der Waals surface area contributed by atoms with E-state index in [1.807, 2.05) is 0 Å². The summed E-state index contributed by atoms with van der Waals surface area (Å²) in [4.78, 5) is 2.60. The summed E-state index contributed by atoms with van der Waals surface area (Å²) in [5.74, 6) is 0. The molecule has 0 radical (unpaired) electrons. The molecule has 10 rings (SSSR count). The number of fused-ring (bicyclic) bond motifs is 9. The van der Waals surface area contributed by atoms with E-state index >= 15 is 0 Å². The minimum atomic E-state index is -0.251. The van der Waals surface area contributed by atoms with Crippen LogP contribution in [0.15, 0.2) is 152 Å². The number of rotatable bonds is 4. The highest BCUT2D eigenvalue weighted by molar-refractivity contribution is 6.09. The molecular weight excluding hydrogens is 653 g/mol. The lowest BCUT2D eigenvalue weighted by Crippen LogP contribution is -2.27. The molecule has 264 valence electrons. The van der Waals surface area contributed by atoms with Crippen LogP contribution in [0.4, 0.5) is 17.1 Å². The van der Waals surface area contributed by atoms with Crippen LogP contribution in [0.25, 0.3) is 49.7 Å². The molecule has 0 saturated heterocycles. The molecule has 0 atom stereocenters. The van der Waals surface area contributed by atoms with E-state index in [0.717, 1.165) is 17.1 Å². The van der Waals surface area contributed by atoms with Crippen molar-refractivity contribution in [1.29, 1.82) is 0 Å². The highest BCUT2D eigenvalue weighted by Crippen LogP contribution is 2.65. The predicted octanol–water partition coefficient (Wildman–Crippen LogP) is 14.2. The summed E-state index contributed by atoms with van der Waals surface area (Å²) >= 11 is 0. The van der Waals surface area contributed by atoms with Gasteiger partial charge in [0.2, 0.25) is 0 Å². The maximum absolute atomic E-state index is 2.60. The summed E-state index contributed by atoms with van der Waals surface area (Å²) < 4.78 is 2.44. The Balaban J connectivity index is 1.37. The molecular formula is C52H46N2. The van der Waals surface area contributed by atoms with Crippen LogP contribution in [-0.2, 0) is 16.2 Å². The second kappa shape index (κ2) is 11.3. The van der Waals surface area contributed by atoms with E-state index in [9.17, 15) is 0 Å². The van der Waals surface area contributed by atoms with Gasteiger partial charge in [0.15, 0.2) is 0 Å². The molecule has 1 heterocycles. The van der Waals surface area contributed by atoms with Gasteiger partial charge < -0.3 is 9.47 Å². The van der Waals surface area contributed by atoms with Gasteiger partial charge in [0.05, 0.1) is 16.7 Å². The van der Waals surface area contributed by atoms with Crippen LogP contribution < -0.4 is 4.90 Å². The SMILES string of the molecule is CC(C)(C)c1c2c(c(N(c3ccccc3)c3cccc(-n4c5ccccc5c5ccccc54)c3)c3c1-c1ccccc1C3(C)C)C(C)(C)c1ccccc1-2. The first-order chi connectivity index (χ1) is 26.0. The molecule has 0 N–H and O–H groups in total. The molecule has 0 aliphatic heterocycles. The zero-order valence-electron chi connectivity index (χ0n) is 32.3. The summed E-state index contributed by atoms with van der Waals surface area (Å²) in [5, 5.41) is 2.54. The van der Waals surface area contributed by atoms with Gasteiger partial charge in [-0.3, -0.25) is 0 Å². The maximum Gasteiger partial charge on any atom is 0.0556 e. The van der Waals surface area contributed by atoms with Gasteiger partial charge >= 0.3 is 0 Å². The highest BCUT2D eigenvalue weighted by Gasteiger charge is 2.50. The minimum Gasteiger partial charge on any atom is -0.310 e. The van der Waals surface area contributed by atoms with Crippen molar-refractivity contribution in [3.63, 3.8) is 0 Å². The van der Waals surface area contributed by atoms with Gasteiger partial charge in [-0.25, -0.2) is 0 Å². The van der Waals surface area contributed by atoms with Crippen LogP contribution in [0, 0.1) is 0 Å². The molecule has 1 aromatic heterocycles. The number of para-hydroxylation sites is 3. The minimum absolute atomic E-state index is 0.109. The van der Waals surface area contributed by atoms with Crippen molar-refractivity contribution in [2.75, 3.05) is 4.90 Å². The normalized spacial score (nSPS) is 14.9. The van der Waals surface area contributed by atoms with Crippen molar-refractivity contribution >= 4 is 38.9 Å². The van der Waals surface area contributed by atoms with Crippen molar-refractivity contribution in [3.8, 4) is 27.9 Å². The monoisotopic (exact) mass is 698 g/mol. The first kappa shape index (κ1) is 32.8. The van der Waals surface area contributed by atoms with Crippen molar-refractivity contribution in [3.05, 3.63) is 179 Å². The van der Waals surface area contributed by atoms with E-state index in [1.165, 1.54) is 77.6 Å². The fourth-order valence-electron chi connectivity index (χ4n) is 10.2. The number of hydrogen-bond acceptors (Lipinski definition) is 1. The summed E-state index contributed by atoms with van der Waals surface area (Å²) in [6.07, 6.45) is 0. The summed E-state index contributed by atoms with van der Waals surface area (Å²) in [6, 6.07) is 56.3. The topological polar surface area (TPSA) is 8.17 Å². The van der Waals surface area contributed by atoms with Gasteiger partial charge in [-0.05, 0) is 98.0 Å². The number of hydrogen-bond donors (Lipinski definition) is 0. The Bertz CT molecular complexity index is 2670. The zero-order valence-corrected chi connectivity index (χ0v) is 32.3. The van der Waals surface area contributed by atoms with Crippen LogP contribution >= 0.6 is 0 Å². The van der Waals surface area contributed by atoms with Gasteiger partial charge in [0.1, 0.15) is 0 Å². The number of nitrogens with zero attached hydrogens (tertiary/aromatic N) is 2. The fraction of sp³-hybridized carbons (Fsp3) is 0.192. The molecule has 0 amide bonds. The smallest absolute Gasteiger partial charge is 0.0556 e. The molecule has 2 heteroatoms. The first-order valence-electron chi connectivity index (χ1n) is 19.4. The highest BCUT2D eigenvalue weighted by atomic mass is 15.2. The van der Waals surface area contributed by atoms with Crippen LogP contribution in [0.3, 0.4) is 0 Å².